The van der Waals surface area contributed by atoms with Crippen molar-refractivity contribution in [1.82, 2.24) is 10.2 Å². The monoisotopic (exact) mass is 344 g/mol. The van der Waals surface area contributed by atoms with E-state index in [-0.39, 0.29) is 19.1 Å². The number of carbonyl (C=O) groups excluding carboxylic acids is 1. The Kier molecular flexibility index (Phi) is 18.2. The zero-order valence-electron chi connectivity index (χ0n) is 15.8. The Morgan fingerprint density at radius 3 is 1.79 bits per heavy atom. The van der Waals surface area contributed by atoms with E-state index in [9.17, 15) is 4.79 Å². The van der Waals surface area contributed by atoms with Gasteiger partial charge in [-0.05, 0) is 6.42 Å². The summed E-state index contributed by atoms with van der Waals surface area (Å²) in [4.78, 5) is 13.7. The van der Waals surface area contributed by atoms with Gasteiger partial charge in [-0.25, -0.2) is 0 Å². The zero-order valence-corrected chi connectivity index (χ0v) is 15.8. The lowest BCUT2D eigenvalue weighted by Crippen LogP contribution is -2.34. The predicted octanol–water partition coefficient (Wildman–Crippen LogP) is 2.70. The average molecular weight is 345 g/mol. The van der Waals surface area contributed by atoms with E-state index in [0.717, 1.165) is 13.0 Å². The number of amides is 1. The first-order valence-corrected chi connectivity index (χ1v) is 9.95. The number of nitrogens with one attached hydrogen (secondary N) is 1. The third kappa shape index (κ3) is 16.2. The van der Waals surface area contributed by atoms with Crippen molar-refractivity contribution in [2.24, 2.45) is 0 Å². The molecular weight excluding hydrogens is 304 g/mol. The van der Waals surface area contributed by atoms with E-state index >= 15 is 0 Å². The highest BCUT2D eigenvalue weighted by Crippen LogP contribution is 2.10. The van der Waals surface area contributed by atoms with Crippen LogP contribution < -0.4 is 5.32 Å². The first kappa shape index (κ1) is 23.4. The molecule has 0 aliphatic carbocycles. The maximum atomic E-state index is 11.8. The van der Waals surface area contributed by atoms with Gasteiger partial charge in [0.2, 0.25) is 5.91 Å². The van der Waals surface area contributed by atoms with Crippen molar-refractivity contribution in [2.45, 2.75) is 77.6 Å². The molecule has 0 fully saturated rings. The van der Waals surface area contributed by atoms with Crippen LogP contribution >= 0.6 is 0 Å². The Bertz CT molecular complexity index is 269. The van der Waals surface area contributed by atoms with E-state index in [0.29, 0.717) is 26.1 Å². The zero-order chi connectivity index (χ0) is 17.9. The molecule has 0 heterocycles. The molecule has 0 aliphatic rings. The fourth-order valence-corrected chi connectivity index (χ4v) is 2.81. The quantitative estimate of drug-likeness (QED) is 0.334. The van der Waals surface area contributed by atoms with E-state index in [1.807, 2.05) is 4.90 Å². The minimum atomic E-state index is 0.0558. The molecule has 144 valence electrons. The van der Waals surface area contributed by atoms with Crippen LogP contribution in [0.2, 0.25) is 0 Å². The number of nitrogens with zero attached hydrogens (tertiary/aromatic N) is 1. The lowest BCUT2D eigenvalue weighted by Gasteiger charge is -2.19. The number of carbonyl (C=O) groups is 1. The third-order valence-electron chi connectivity index (χ3n) is 4.34. The van der Waals surface area contributed by atoms with Crippen LogP contribution in [0.3, 0.4) is 0 Å². The molecule has 0 bridgehead atoms. The second-order valence-electron chi connectivity index (χ2n) is 6.57. The molecule has 0 aliphatic heterocycles. The molecule has 1 amide bonds. The Balaban J connectivity index is 3.36. The van der Waals surface area contributed by atoms with Gasteiger partial charge < -0.3 is 15.5 Å². The fraction of sp³-hybridized carbons (Fsp3) is 0.947. The lowest BCUT2D eigenvalue weighted by atomic mass is 10.1. The summed E-state index contributed by atoms with van der Waals surface area (Å²) in [5, 5.41) is 20.8. The van der Waals surface area contributed by atoms with Crippen LogP contribution in [-0.4, -0.2) is 60.4 Å². The number of hydrogen-bond donors (Lipinski definition) is 3. The van der Waals surface area contributed by atoms with Crippen LogP contribution in [0.5, 0.6) is 0 Å². The average Bonchev–Trinajstić information content (AvgIpc) is 2.58. The molecule has 0 spiro atoms. The SMILES string of the molecule is CCCCCCCCCCCCNC(=O)CCN(CCO)CCO. The van der Waals surface area contributed by atoms with Crippen LogP contribution in [0.15, 0.2) is 0 Å². The van der Waals surface area contributed by atoms with Crippen molar-refractivity contribution < 1.29 is 15.0 Å². The predicted molar refractivity (Wildman–Crippen MR) is 100 cm³/mol. The fourth-order valence-electron chi connectivity index (χ4n) is 2.81. The highest BCUT2D eigenvalue weighted by atomic mass is 16.3. The van der Waals surface area contributed by atoms with E-state index in [4.69, 9.17) is 10.2 Å². The molecule has 5 nitrogen and oxygen atoms in total. The molecule has 0 saturated carbocycles. The second-order valence-corrected chi connectivity index (χ2v) is 6.57. The van der Waals surface area contributed by atoms with Crippen molar-refractivity contribution in [3.05, 3.63) is 0 Å². The molecule has 0 unspecified atom stereocenters. The Morgan fingerprint density at radius 2 is 1.29 bits per heavy atom. The van der Waals surface area contributed by atoms with Crippen LogP contribution in [0.25, 0.3) is 0 Å². The molecule has 3 N–H and O–H groups in total. The minimum Gasteiger partial charge on any atom is -0.395 e. The largest absolute Gasteiger partial charge is 0.395 e. The molecule has 0 aromatic heterocycles. The van der Waals surface area contributed by atoms with Gasteiger partial charge in [0.1, 0.15) is 0 Å². The Morgan fingerprint density at radius 1 is 0.792 bits per heavy atom. The van der Waals surface area contributed by atoms with Gasteiger partial charge in [0.05, 0.1) is 13.2 Å². The van der Waals surface area contributed by atoms with E-state index < -0.39 is 0 Å². The van der Waals surface area contributed by atoms with Gasteiger partial charge in [-0.15, -0.1) is 0 Å². The molecule has 24 heavy (non-hydrogen) atoms. The summed E-state index contributed by atoms with van der Waals surface area (Å²) < 4.78 is 0. The van der Waals surface area contributed by atoms with Gasteiger partial charge in [0.15, 0.2) is 0 Å². The Hall–Kier alpha value is -0.650. The van der Waals surface area contributed by atoms with Gasteiger partial charge in [0, 0.05) is 32.6 Å². The van der Waals surface area contributed by atoms with Crippen molar-refractivity contribution in [3.63, 3.8) is 0 Å². The lowest BCUT2D eigenvalue weighted by molar-refractivity contribution is -0.121. The summed E-state index contributed by atoms with van der Waals surface area (Å²) in [6.07, 6.45) is 13.4. The highest BCUT2D eigenvalue weighted by molar-refractivity contribution is 5.75. The van der Waals surface area contributed by atoms with Crippen molar-refractivity contribution in [1.29, 1.82) is 0 Å². The number of rotatable bonds is 18. The highest BCUT2D eigenvalue weighted by Gasteiger charge is 2.07. The molecule has 0 atom stereocenters. The minimum absolute atomic E-state index is 0.0558. The summed E-state index contributed by atoms with van der Waals surface area (Å²) >= 11 is 0. The van der Waals surface area contributed by atoms with E-state index in [1.54, 1.807) is 0 Å². The molecule has 0 radical (unpaired) electrons. The van der Waals surface area contributed by atoms with Gasteiger partial charge in [-0.1, -0.05) is 64.7 Å². The number of hydrogen-bond acceptors (Lipinski definition) is 4. The van der Waals surface area contributed by atoms with Crippen molar-refractivity contribution >= 4 is 5.91 Å². The molecular formula is C19H40N2O3. The standard InChI is InChI=1S/C19H40N2O3/c1-2-3-4-5-6-7-8-9-10-11-13-20-19(24)12-14-21(15-17-22)16-18-23/h22-23H,2-18H2,1H3,(H,20,24). The van der Waals surface area contributed by atoms with Gasteiger partial charge in [0.25, 0.3) is 0 Å². The normalized spacial score (nSPS) is 11.2. The van der Waals surface area contributed by atoms with Crippen LogP contribution in [0, 0.1) is 0 Å². The van der Waals surface area contributed by atoms with Crippen LogP contribution in [-0.2, 0) is 4.79 Å². The maximum Gasteiger partial charge on any atom is 0.221 e. The summed E-state index contributed by atoms with van der Waals surface area (Å²) in [7, 11) is 0. The van der Waals surface area contributed by atoms with Crippen LogP contribution in [0.1, 0.15) is 77.6 Å². The smallest absolute Gasteiger partial charge is 0.221 e. The molecule has 0 rings (SSSR count). The van der Waals surface area contributed by atoms with Crippen molar-refractivity contribution in [2.75, 3.05) is 39.4 Å². The first-order valence-electron chi connectivity index (χ1n) is 9.95. The van der Waals surface area contributed by atoms with Crippen molar-refractivity contribution in [3.8, 4) is 0 Å². The van der Waals surface area contributed by atoms with E-state index in [2.05, 4.69) is 12.2 Å². The van der Waals surface area contributed by atoms with Gasteiger partial charge in [-0.3, -0.25) is 9.69 Å². The summed E-state index contributed by atoms with van der Waals surface area (Å²) in [5.41, 5.74) is 0. The second kappa shape index (κ2) is 18.7. The molecule has 0 aromatic carbocycles. The molecule has 5 heteroatoms. The molecule has 0 saturated heterocycles. The third-order valence-corrected chi connectivity index (χ3v) is 4.34. The summed E-state index contributed by atoms with van der Waals surface area (Å²) in [6, 6.07) is 0. The number of aliphatic hydroxyl groups is 2. The van der Waals surface area contributed by atoms with E-state index in [1.165, 1.54) is 57.8 Å². The number of unbranched alkanes of at least 4 members (excludes halogenated alkanes) is 9. The Labute approximate surface area is 148 Å². The first-order chi connectivity index (χ1) is 11.7. The molecule has 0 aromatic rings. The van der Waals surface area contributed by atoms with Gasteiger partial charge in [-0.2, -0.15) is 0 Å². The maximum absolute atomic E-state index is 11.8. The topological polar surface area (TPSA) is 72.8 Å². The van der Waals surface area contributed by atoms with Crippen LogP contribution in [0.4, 0.5) is 0 Å². The summed E-state index contributed by atoms with van der Waals surface area (Å²) in [6.45, 7) is 4.72. The summed E-state index contributed by atoms with van der Waals surface area (Å²) in [5.74, 6) is 0.0619. The number of aliphatic hydroxyl groups excluding tert-OH is 2. The van der Waals surface area contributed by atoms with Gasteiger partial charge >= 0.3 is 0 Å².